The van der Waals surface area contributed by atoms with Gasteiger partial charge in [-0.1, -0.05) is 12.1 Å². The first-order chi connectivity index (χ1) is 9.13. The van der Waals surface area contributed by atoms with Gasteiger partial charge in [-0.15, -0.1) is 11.3 Å². The van der Waals surface area contributed by atoms with Crippen molar-refractivity contribution in [2.75, 3.05) is 0 Å². The lowest BCUT2D eigenvalue weighted by Gasteiger charge is -2.15. The minimum absolute atomic E-state index is 0.0583. The van der Waals surface area contributed by atoms with Crippen LogP contribution in [-0.4, -0.2) is 23.0 Å². The van der Waals surface area contributed by atoms with Crippen molar-refractivity contribution in [1.82, 2.24) is 5.32 Å². The van der Waals surface area contributed by atoms with E-state index in [9.17, 15) is 4.79 Å². The van der Waals surface area contributed by atoms with Gasteiger partial charge in [0.1, 0.15) is 5.84 Å². The number of thiophene rings is 1. The van der Waals surface area contributed by atoms with Gasteiger partial charge in [0.25, 0.3) is 5.91 Å². The molecule has 104 valence electrons. The van der Waals surface area contributed by atoms with E-state index in [0.29, 0.717) is 6.42 Å². The van der Waals surface area contributed by atoms with Gasteiger partial charge < -0.3 is 16.3 Å². The van der Waals surface area contributed by atoms with E-state index in [1.54, 1.807) is 11.3 Å². The van der Waals surface area contributed by atoms with E-state index in [1.165, 1.54) is 16.9 Å². The maximum atomic E-state index is 12.1. The average Bonchev–Trinajstić information content (AvgIpc) is 2.98. The summed E-state index contributed by atoms with van der Waals surface area (Å²) in [7, 11) is 0. The molecule has 1 aliphatic rings. The molecule has 1 unspecified atom stereocenters. The molecule has 0 fully saturated rings. The number of fused-ring (bicyclic) bond motifs is 1. The Morgan fingerprint density at radius 3 is 3.05 bits per heavy atom. The second-order valence-electron chi connectivity index (χ2n) is 4.79. The topological polar surface area (TPSA) is 87.7 Å². The van der Waals surface area contributed by atoms with Gasteiger partial charge in [0.2, 0.25) is 0 Å². The smallest absolute Gasteiger partial charge is 0.261 e. The number of oxime groups is 1. The lowest BCUT2D eigenvalue weighted by atomic mass is 10.1. The van der Waals surface area contributed by atoms with Crippen molar-refractivity contribution < 1.29 is 10.0 Å². The van der Waals surface area contributed by atoms with Gasteiger partial charge in [0.05, 0.1) is 4.88 Å². The van der Waals surface area contributed by atoms with Crippen LogP contribution in [0.25, 0.3) is 0 Å². The molecule has 6 heteroatoms. The quantitative estimate of drug-likeness (QED) is 0.333. The lowest BCUT2D eigenvalue weighted by Crippen LogP contribution is -2.37. The van der Waals surface area contributed by atoms with E-state index < -0.39 is 0 Å². The number of carbonyl (C=O) groups excluding carboxylic acids is 1. The molecule has 1 heterocycles. The third-order valence-corrected chi connectivity index (χ3v) is 4.62. The molecule has 2 rings (SSSR count). The minimum Gasteiger partial charge on any atom is -0.409 e. The first-order valence-electron chi connectivity index (χ1n) is 6.52. The summed E-state index contributed by atoms with van der Waals surface area (Å²) in [6.07, 6.45) is 4.48. The fourth-order valence-electron chi connectivity index (χ4n) is 2.29. The van der Waals surface area contributed by atoms with Gasteiger partial charge in [-0.25, -0.2) is 0 Å². The van der Waals surface area contributed by atoms with Crippen molar-refractivity contribution >= 4 is 23.1 Å². The Labute approximate surface area is 116 Å². The number of hydrogen-bond acceptors (Lipinski definition) is 4. The highest BCUT2D eigenvalue weighted by Crippen LogP contribution is 2.30. The fraction of sp³-hybridized carbons (Fsp3) is 0.538. The van der Waals surface area contributed by atoms with Gasteiger partial charge in [0, 0.05) is 17.3 Å². The molecule has 5 nitrogen and oxygen atoms in total. The molecule has 4 N–H and O–H groups in total. The van der Waals surface area contributed by atoms with Gasteiger partial charge in [-0.05, 0) is 37.3 Å². The van der Waals surface area contributed by atoms with Crippen LogP contribution in [-0.2, 0) is 12.8 Å². The largest absolute Gasteiger partial charge is 0.409 e. The number of amides is 1. The van der Waals surface area contributed by atoms with E-state index in [4.69, 9.17) is 10.9 Å². The summed E-state index contributed by atoms with van der Waals surface area (Å²) < 4.78 is 0. The van der Waals surface area contributed by atoms with Crippen LogP contribution in [0.1, 0.15) is 46.3 Å². The van der Waals surface area contributed by atoms with Crippen molar-refractivity contribution in [2.24, 2.45) is 10.9 Å². The van der Waals surface area contributed by atoms with Gasteiger partial charge in [0.15, 0.2) is 0 Å². The van der Waals surface area contributed by atoms with Crippen LogP contribution >= 0.6 is 11.3 Å². The van der Waals surface area contributed by atoms with Crippen molar-refractivity contribution in [3.8, 4) is 0 Å². The van der Waals surface area contributed by atoms with Gasteiger partial charge in [-0.3, -0.25) is 4.79 Å². The van der Waals surface area contributed by atoms with Crippen molar-refractivity contribution in [2.45, 2.75) is 45.1 Å². The Bertz CT molecular complexity index is 475. The molecule has 0 radical (unpaired) electrons. The summed E-state index contributed by atoms with van der Waals surface area (Å²) >= 11 is 1.58. The summed E-state index contributed by atoms with van der Waals surface area (Å²) in [5.74, 6) is 0.0813. The fourth-order valence-corrected chi connectivity index (χ4v) is 3.44. The van der Waals surface area contributed by atoms with Crippen LogP contribution in [0.3, 0.4) is 0 Å². The highest BCUT2D eigenvalue weighted by Gasteiger charge is 2.20. The molecule has 1 aromatic heterocycles. The number of nitrogens with zero attached hydrogens (tertiary/aromatic N) is 1. The maximum absolute atomic E-state index is 12.1. The normalized spacial score (nSPS) is 16.2. The predicted molar refractivity (Wildman–Crippen MR) is 75.9 cm³/mol. The van der Waals surface area contributed by atoms with E-state index in [2.05, 4.69) is 10.5 Å². The number of nitrogens with one attached hydrogen (secondary N) is 1. The number of carbonyl (C=O) groups is 1. The van der Waals surface area contributed by atoms with E-state index >= 15 is 0 Å². The SMILES string of the molecule is CCC(CC(N)=NO)NC(=O)c1cc2c(s1)CCC2. The summed E-state index contributed by atoms with van der Waals surface area (Å²) in [5, 5.41) is 14.4. The number of amidine groups is 1. The van der Waals surface area contributed by atoms with E-state index in [0.717, 1.165) is 24.1 Å². The minimum atomic E-state index is -0.0969. The number of nitrogens with two attached hydrogens (primary N) is 1. The van der Waals surface area contributed by atoms with Crippen LogP contribution in [0.15, 0.2) is 11.2 Å². The molecule has 0 saturated carbocycles. The van der Waals surface area contributed by atoms with Crippen LogP contribution in [0.2, 0.25) is 0 Å². The van der Waals surface area contributed by atoms with Crippen molar-refractivity contribution in [3.05, 3.63) is 21.4 Å². The van der Waals surface area contributed by atoms with Crippen LogP contribution in [0, 0.1) is 0 Å². The lowest BCUT2D eigenvalue weighted by molar-refractivity contribution is 0.0941. The monoisotopic (exact) mass is 281 g/mol. The molecular weight excluding hydrogens is 262 g/mol. The molecule has 1 amide bonds. The summed E-state index contributed by atoms with van der Waals surface area (Å²) in [6, 6.07) is 1.90. The second kappa shape index (κ2) is 6.06. The number of rotatable bonds is 5. The summed E-state index contributed by atoms with van der Waals surface area (Å²) in [6.45, 7) is 1.96. The van der Waals surface area contributed by atoms with Crippen LogP contribution in [0.5, 0.6) is 0 Å². The standard InChI is InChI=1S/C13H19N3O2S/c1-2-9(7-12(14)16-18)15-13(17)11-6-8-4-3-5-10(8)19-11/h6,9,18H,2-5,7H2,1H3,(H2,14,16)(H,15,17). The number of hydrogen-bond donors (Lipinski definition) is 3. The Kier molecular flexibility index (Phi) is 4.42. The van der Waals surface area contributed by atoms with Gasteiger partial charge >= 0.3 is 0 Å². The first-order valence-corrected chi connectivity index (χ1v) is 7.34. The average molecular weight is 281 g/mol. The van der Waals surface area contributed by atoms with Crippen molar-refractivity contribution in [3.63, 3.8) is 0 Å². The molecule has 1 aliphatic carbocycles. The molecule has 0 bridgehead atoms. The molecule has 0 saturated heterocycles. The van der Waals surface area contributed by atoms with Gasteiger partial charge in [-0.2, -0.15) is 0 Å². The Morgan fingerprint density at radius 2 is 2.42 bits per heavy atom. The highest BCUT2D eigenvalue weighted by molar-refractivity contribution is 7.14. The highest BCUT2D eigenvalue weighted by atomic mass is 32.1. The van der Waals surface area contributed by atoms with Crippen molar-refractivity contribution in [1.29, 1.82) is 0 Å². The van der Waals surface area contributed by atoms with E-state index in [1.807, 2.05) is 13.0 Å². The summed E-state index contributed by atoms with van der Waals surface area (Å²) in [4.78, 5) is 14.3. The first kappa shape index (κ1) is 13.9. The van der Waals surface area contributed by atoms with Crippen LogP contribution < -0.4 is 11.1 Å². The molecule has 0 aromatic carbocycles. The van der Waals surface area contributed by atoms with Crippen LogP contribution in [0.4, 0.5) is 0 Å². The Morgan fingerprint density at radius 1 is 1.63 bits per heavy atom. The molecule has 0 spiro atoms. The zero-order valence-corrected chi connectivity index (χ0v) is 11.8. The Hall–Kier alpha value is -1.56. The molecule has 1 atom stereocenters. The predicted octanol–water partition coefficient (Wildman–Crippen LogP) is 1.88. The third-order valence-electron chi connectivity index (χ3n) is 3.38. The maximum Gasteiger partial charge on any atom is 0.261 e. The molecule has 0 aliphatic heterocycles. The second-order valence-corrected chi connectivity index (χ2v) is 5.92. The molecule has 19 heavy (non-hydrogen) atoms. The molecular formula is C13H19N3O2S. The van der Waals surface area contributed by atoms with E-state index in [-0.39, 0.29) is 17.8 Å². The zero-order valence-electron chi connectivity index (χ0n) is 11.0. The Balaban J connectivity index is 1.98. The number of aryl methyl sites for hydroxylation is 2. The zero-order chi connectivity index (χ0) is 13.8. The molecule has 1 aromatic rings. The summed E-state index contributed by atoms with van der Waals surface area (Å²) in [5.41, 5.74) is 6.79. The third kappa shape index (κ3) is 3.26.